The molecule has 1 N–H and O–H groups in total. The lowest BCUT2D eigenvalue weighted by atomic mass is 9.91. The van der Waals surface area contributed by atoms with Crippen molar-refractivity contribution < 1.29 is 9.53 Å². The number of thioether (sulfide) groups is 1. The average Bonchev–Trinajstić information content (AvgIpc) is 2.43. The van der Waals surface area contributed by atoms with Gasteiger partial charge in [0.2, 0.25) is 0 Å². The number of methoxy groups -OCH3 is 1. The molecule has 1 aromatic rings. The molecular weight excluding hydrogens is 258 g/mol. The third kappa shape index (κ3) is 3.98. The van der Waals surface area contributed by atoms with Gasteiger partial charge in [0.05, 0.1) is 7.11 Å². The van der Waals surface area contributed by atoms with E-state index in [1.54, 1.807) is 11.8 Å². The Morgan fingerprint density at radius 1 is 1.37 bits per heavy atom. The number of hydrogen-bond donors (Lipinski definition) is 1. The molecular formula is C15H23NO2S. The molecule has 0 saturated carbocycles. The third-order valence-electron chi connectivity index (χ3n) is 2.86. The first-order valence-electron chi connectivity index (χ1n) is 6.56. The number of hydrogen-bond acceptors (Lipinski definition) is 4. The Kier molecular flexibility index (Phi) is 6.38. The zero-order chi connectivity index (χ0) is 14.3. The molecule has 3 nitrogen and oxygen atoms in total. The topological polar surface area (TPSA) is 38.3 Å². The van der Waals surface area contributed by atoms with Gasteiger partial charge in [-0.25, -0.2) is 4.79 Å². The highest BCUT2D eigenvalue weighted by atomic mass is 32.2. The Morgan fingerprint density at radius 3 is 2.47 bits per heavy atom. The van der Waals surface area contributed by atoms with Crippen LogP contribution in [-0.2, 0) is 15.1 Å². The summed E-state index contributed by atoms with van der Waals surface area (Å²) < 4.78 is 5.05. The molecule has 1 unspecified atom stereocenters. The van der Waals surface area contributed by atoms with Gasteiger partial charge < -0.3 is 4.74 Å². The van der Waals surface area contributed by atoms with Crippen LogP contribution in [-0.4, -0.2) is 30.6 Å². The maximum absolute atomic E-state index is 12.4. The van der Waals surface area contributed by atoms with Crippen LogP contribution in [0.2, 0.25) is 0 Å². The van der Waals surface area contributed by atoms with Crippen molar-refractivity contribution in [3.63, 3.8) is 0 Å². The van der Waals surface area contributed by atoms with Gasteiger partial charge in [-0.05, 0) is 25.2 Å². The summed E-state index contributed by atoms with van der Waals surface area (Å²) in [5.41, 5.74) is 0.182. The zero-order valence-corrected chi connectivity index (χ0v) is 12.9. The van der Waals surface area contributed by atoms with Gasteiger partial charge in [-0.3, -0.25) is 5.32 Å². The van der Waals surface area contributed by atoms with E-state index in [2.05, 4.69) is 12.2 Å². The van der Waals surface area contributed by atoms with Crippen LogP contribution in [0, 0.1) is 0 Å². The largest absolute Gasteiger partial charge is 0.467 e. The molecule has 0 aromatic heterocycles. The Hall–Kier alpha value is -1.00. The highest BCUT2D eigenvalue weighted by Crippen LogP contribution is 2.28. The molecule has 0 aliphatic carbocycles. The Balaban J connectivity index is 3.21. The van der Waals surface area contributed by atoms with Crippen molar-refractivity contribution in [2.75, 3.05) is 18.6 Å². The van der Waals surface area contributed by atoms with E-state index in [0.29, 0.717) is 5.75 Å². The Bertz CT molecular complexity index is 394. The summed E-state index contributed by atoms with van der Waals surface area (Å²) in [5.74, 6) is 1.40. The molecule has 19 heavy (non-hydrogen) atoms. The molecule has 1 aromatic carbocycles. The molecule has 0 spiro atoms. The molecule has 0 fully saturated rings. The van der Waals surface area contributed by atoms with Crippen LogP contribution in [0.15, 0.2) is 30.3 Å². The van der Waals surface area contributed by atoms with Gasteiger partial charge in [-0.1, -0.05) is 37.3 Å². The minimum absolute atomic E-state index is 0.191. The molecule has 0 saturated heterocycles. The Morgan fingerprint density at radius 2 is 2.00 bits per heavy atom. The summed E-state index contributed by atoms with van der Waals surface area (Å²) >= 11 is 1.73. The fourth-order valence-electron chi connectivity index (χ4n) is 2.09. The zero-order valence-electron chi connectivity index (χ0n) is 12.1. The molecule has 0 aliphatic heterocycles. The highest BCUT2D eigenvalue weighted by Gasteiger charge is 2.41. The predicted molar refractivity (Wildman–Crippen MR) is 81.4 cm³/mol. The number of ether oxygens (including phenoxy) is 1. The van der Waals surface area contributed by atoms with Crippen molar-refractivity contribution in [2.24, 2.45) is 0 Å². The van der Waals surface area contributed by atoms with Crippen LogP contribution in [0.25, 0.3) is 0 Å². The lowest BCUT2D eigenvalue weighted by molar-refractivity contribution is -0.148. The van der Waals surface area contributed by atoms with Gasteiger partial charge in [-0.15, -0.1) is 0 Å². The summed E-state index contributed by atoms with van der Waals surface area (Å²) in [6.07, 6.45) is 0. The summed E-state index contributed by atoms with van der Waals surface area (Å²) in [6, 6.07) is 9.99. The second-order valence-corrected chi connectivity index (χ2v) is 5.97. The number of rotatable bonds is 7. The normalized spacial score (nSPS) is 14.2. The number of nitrogens with one attached hydrogen (secondary N) is 1. The van der Waals surface area contributed by atoms with Gasteiger partial charge in [0.1, 0.15) is 0 Å². The summed E-state index contributed by atoms with van der Waals surface area (Å²) in [6.45, 7) is 6.17. The smallest absolute Gasteiger partial charge is 0.331 e. The monoisotopic (exact) mass is 281 g/mol. The van der Waals surface area contributed by atoms with Crippen molar-refractivity contribution in [2.45, 2.75) is 32.4 Å². The first kappa shape index (κ1) is 16.1. The molecule has 0 aliphatic rings. The Labute approximate surface area is 120 Å². The van der Waals surface area contributed by atoms with Crippen molar-refractivity contribution in [3.05, 3.63) is 35.9 Å². The summed E-state index contributed by atoms with van der Waals surface area (Å²) in [4.78, 5) is 12.4. The minimum atomic E-state index is -0.773. The quantitative estimate of drug-likeness (QED) is 0.780. The molecule has 0 bridgehead atoms. The van der Waals surface area contributed by atoms with E-state index in [-0.39, 0.29) is 12.0 Å². The summed E-state index contributed by atoms with van der Waals surface area (Å²) in [7, 11) is 1.44. The molecule has 4 heteroatoms. The van der Waals surface area contributed by atoms with Crippen LogP contribution < -0.4 is 5.32 Å². The van der Waals surface area contributed by atoms with E-state index in [9.17, 15) is 4.79 Å². The van der Waals surface area contributed by atoms with Gasteiger partial charge in [-0.2, -0.15) is 11.8 Å². The predicted octanol–water partition coefficient (Wildman–Crippen LogP) is 2.81. The van der Waals surface area contributed by atoms with Crippen molar-refractivity contribution in [1.82, 2.24) is 5.32 Å². The second kappa shape index (κ2) is 7.56. The first-order chi connectivity index (χ1) is 9.06. The summed E-state index contributed by atoms with van der Waals surface area (Å²) in [5, 5.41) is 3.40. The number of carbonyl (C=O) groups excluding carboxylic acids is 1. The molecule has 1 atom stereocenters. The van der Waals surface area contributed by atoms with Gasteiger partial charge >= 0.3 is 5.97 Å². The van der Waals surface area contributed by atoms with Crippen LogP contribution in [0.5, 0.6) is 0 Å². The lowest BCUT2D eigenvalue weighted by Crippen LogP contribution is -2.54. The van der Waals surface area contributed by atoms with Crippen LogP contribution in [0.1, 0.15) is 26.3 Å². The van der Waals surface area contributed by atoms with Crippen LogP contribution in [0.4, 0.5) is 0 Å². The van der Waals surface area contributed by atoms with E-state index in [0.717, 1.165) is 11.3 Å². The SMILES string of the molecule is CCSCC(NC(C)C)(C(=O)OC)c1ccccc1. The molecule has 106 valence electrons. The number of esters is 1. The van der Waals surface area contributed by atoms with E-state index < -0.39 is 5.54 Å². The highest BCUT2D eigenvalue weighted by molar-refractivity contribution is 7.99. The average molecular weight is 281 g/mol. The van der Waals surface area contributed by atoms with Gasteiger partial charge in [0, 0.05) is 11.8 Å². The molecule has 0 radical (unpaired) electrons. The minimum Gasteiger partial charge on any atom is -0.467 e. The molecule has 0 heterocycles. The lowest BCUT2D eigenvalue weighted by Gasteiger charge is -2.34. The number of carbonyl (C=O) groups is 1. The van der Waals surface area contributed by atoms with E-state index in [1.807, 2.05) is 44.2 Å². The van der Waals surface area contributed by atoms with Crippen LogP contribution >= 0.6 is 11.8 Å². The van der Waals surface area contributed by atoms with Gasteiger partial charge in [0.15, 0.2) is 5.54 Å². The maximum Gasteiger partial charge on any atom is 0.331 e. The van der Waals surface area contributed by atoms with Crippen molar-refractivity contribution in [1.29, 1.82) is 0 Å². The standard InChI is InChI=1S/C15H23NO2S/c1-5-19-11-15(14(17)18-4,16-12(2)3)13-9-7-6-8-10-13/h6-10,12,16H,5,11H2,1-4H3. The third-order valence-corrected chi connectivity index (χ3v) is 3.90. The van der Waals surface area contributed by atoms with E-state index in [1.165, 1.54) is 7.11 Å². The number of benzene rings is 1. The van der Waals surface area contributed by atoms with Crippen LogP contribution in [0.3, 0.4) is 0 Å². The fourth-order valence-corrected chi connectivity index (χ4v) is 2.97. The van der Waals surface area contributed by atoms with Crippen molar-refractivity contribution >= 4 is 17.7 Å². The van der Waals surface area contributed by atoms with Gasteiger partial charge in [0.25, 0.3) is 0 Å². The second-order valence-electron chi connectivity index (χ2n) is 4.70. The fraction of sp³-hybridized carbons (Fsp3) is 0.533. The van der Waals surface area contributed by atoms with E-state index >= 15 is 0 Å². The first-order valence-corrected chi connectivity index (χ1v) is 7.71. The molecule has 0 amide bonds. The van der Waals surface area contributed by atoms with E-state index in [4.69, 9.17) is 4.74 Å². The maximum atomic E-state index is 12.4. The molecule has 1 rings (SSSR count). The van der Waals surface area contributed by atoms with Crippen molar-refractivity contribution in [3.8, 4) is 0 Å².